The summed E-state index contributed by atoms with van der Waals surface area (Å²) in [4.78, 5) is 19.7. The molecule has 144 valence electrons. The standard InChI is InChI=1S/C20H32N4O2/c1-17-4-3-5-18(2)20(17)21-19(25)16-24-10-8-22(9-11-24)6-7-23-12-14-26-15-13-23/h3-5H,6-16H2,1-2H3,(H,21,25). The van der Waals surface area contributed by atoms with Crippen LogP contribution in [-0.4, -0.2) is 92.7 Å². The molecule has 0 atom stereocenters. The third-order valence-electron chi connectivity index (χ3n) is 5.41. The summed E-state index contributed by atoms with van der Waals surface area (Å²) in [6, 6.07) is 6.10. The number of aryl methyl sites for hydroxylation is 2. The zero-order chi connectivity index (χ0) is 18.4. The number of carbonyl (C=O) groups excluding carboxylic acids is 1. The Balaban J connectivity index is 1.37. The molecule has 0 saturated carbocycles. The van der Waals surface area contributed by atoms with E-state index in [1.54, 1.807) is 0 Å². The SMILES string of the molecule is Cc1cccc(C)c1NC(=O)CN1CCN(CCN2CCOCC2)CC1. The fraction of sp³-hybridized carbons (Fsp3) is 0.650. The van der Waals surface area contributed by atoms with Gasteiger partial charge in [0.2, 0.25) is 5.91 Å². The third kappa shape index (κ3) is 5.51. The Bertz CT molecular complexity index is 573. The Morgan fingerprint density at radius 2 is 1.46 bits per heavy atom. The molecule has 0 aromatic heterocycles. The van der Waals surface area contributed by atoms with Gasteiger partial charge in [0.25, 0.3) is 0 Å². The molecule has 2 fully saturated rings. The molecule has 1 amide bonds. The molecule has 26 heavy (non-hydrogen) atoms. The van der Waals surface area contributed by atoms with E-state index >= 15 is 0 Å². The maximum absolute atomic E-state index is 12.4. The van der Waals surface area contributed by atoms with Crippen LogP contribution in [0.1, 0.15) is 11.1 Å². The maximum Gasteiger partial charge on any atom is 0.238 e. The summed E-state index contributed by atoms with van der Waals surface area (Å²) in [5.74, 6) is 0.0872. The highest BCUT2D eigenvalue weighted by Gasteiger charge is 2.20. The van der Waals surface area contributed by atoms with Crippen LogP contribution in [-0.2, 0) is 9.53 Å². The maximum atomic E-state index is 12.4. The molecule has 6 heteroatoms. The molecule has 2 aliphatic rings. The number of hydrogen-bond acceptors (Lipinski definition) is 5. The fourth-order valence-corrected chi connectivity index (χ4v) is 3.67. The Labute approximate surface area is 157 Å². The van der Waals surface area contributed by atoms with Crippen molar-refractivity contribution in [3.63, 3.8) is 0 Å². The van der Waals surface area contributed by atoms with Crippen LogP contribution in [0.5, 0.6) is 0 Å². The van der Waals surface area contributed by atoms with Gasteiger partial charge >= 0.3 is 0 Å². The molecule has 1 aromatic rings. The number of benzene rings is 1. The normalized spacial score (nSPS) is 20.2. The van der Waals surface area contributed by atoms with Gasteiger partial charge < -0.3 is 10.1 Å². The summed E-state index contributed by atoms with van der Waals surface area (Å²) in [5.41, 5.74) is 3.19. The van der Waals surface area contributed by atoms with Crippen molar-refractivity contribution >= 4 is 11.6 Å². The van der Waals surface area contributed by atoms with Gasteiger partial charge in [-0.3, -0.25) is 19.5 Å². The van der Waals surface area contributed by atoms with Crippen LogP contribution in [0.2, 0.25) is 0 Å². The van der Waals surface area contributed by atoms with Gasteiger partial charge in [0.1, 0.15) is 0 Å². The van der Waals surface area contributed by atoms with E-state index in [1.165, 1.54) is 0 Å². The molecule has 0 unspecified atom stereocenters. The van der Waals surface area contributed by atoms with Crippen molar-refractivity contribution in [3.05, 3.63) is 29.3 Å². The van der Waals surface area contributed by atoms with E-state index in [0.29, 0.717) is 6.54 Å². The van der Waals surface area contributed by atoms with Crippen molar-refractivity contribution in [3.8, 4) is 0 Å². The van der Waals surface area contributed by atoms with E-state index in [4.69, 9.17) is 4.74 Å². The minimum absolute atomic E-state index is 0.0872. The predicted octanol–water partition coefficient (Wildman–Crippen LogP) is 1.19. The van der Waals surface area contributed by atoms with Crippen LogP contribution in [0.25, 0.3) is 0 Å². The average molecular weight is 361 g/mol. The van der Waals surface area contributed by atoms with E-state index in [9.17, 15) is 4.79 Å². The second-order valence-electron chi connectivity index (χ2n) is 7.39. The number of nitrogens with zero attached hydrogens (tertiary/aromatic N) is 3. The monoisotopic (exact) mass is 360 g/mol. The van der Waals surface area contributed by atoms with Crippen molar-refractivity contribution in [1.82, 2.24) is 14.7 Å². The molecule has 2 saturated heterocycles. The molecule has 6 nitrogen and oxygen atoms in total. The van der Waals surface area contributed by atoms with E-state index in [1.807, 2.05) is 32.0 Å². The topological polar surface area (TPSA) is 48.1 Å². The molecular formula is C20H32N4O2. The second-order valence-corrected chi connectivity index (χ2v) is 7.39. The lowest BCUT2D eigenvalue weighted by Crippen LogP contribution is -2.50. The van der Waals surface area contributed by atoms with Gasteiger partial charge in [-0.2, -0.15) is 0 Å². The molecule has 2 heterocycles. The summed E-state index contributed by atoms with van der Waals surface area (Å²) in [6.45, 7) is 14.6. The summed E-state index contributed by atoms with van der Waals surface area (Å²) in [7, 11) is 0. The largest absolute Gasteiger partial charge is 0.379 e. The Morgan fingerprint density at radius 3 is 2.08 bits per heavy atom. The number of anilines is 1. The van der Waals surface area contributed by atoms with Crippen LogP contribution in [0, 0.1) is 13.8 Å². The summed E-state index contributed by atoms with van der Waals surface area (Å²) >= 11 is 0. The number of morpholine rings is 1. The molecule has 0 radical (unpaired) electrons. The van der Waals surface area contributed by atoms with Crippen LogP contribution in [0.3, 0.4) is 0 Å². The van der Waals surface area contributed by atoms with E-state index in [2.05, 4.69) is 20.0 Å². The number of carbonyl (C=O) groups is 1. The number of hydrogen-bond donors (Lipinski definition) is 1. The molecule has 0 bridgehead atoms. The van der Waals surface area contributed by atoms with Gasteiger partial charge in [-0.25, -0.2) is 0 Å². The predicted molar refractivity (Wildman–Crippen MR) is 105 cm³/mol. The summed E-state index contributed by atoms with van der Waals surface area (Å²) < 4.78 is 5.40. The van der Waals surface area contributed by atoms with Crippen LogP contribution >= 0.6 is 0 Å². The van der Waals surface area contributed by atoms with Crippen molar-refractivity contribution < 1.29 is 9.53 Å². The molecule has 2 aliphatic heterocycles. The first-order valence-electron chi connectivity index (χ1n) is 9.73. The van der Waals surface area contributed by atoms with Gasteiger partial charge in [0.15, 0.2) is 0 Å². The zero-order valence-electron chi connectivity index (χ0n) is 16.2. The van der Waals surface area contributed by atoms with Gasteiger partial charge in [-0.1, -0.05) is 18.2 Å². The molecule has 3 rings (SSSR count). The van der Waals surface area contributed by atoms with E-state index in [-0.39, 0.29) is 5.91 Å². The molecular weight excluding hydrogens is 328 g/mol. The highest BCUT2D eigenvalue weighted by Crippen LogP contribution is 2.19. The second kappa shape index (κ2) is 9.46. The van der Waals surface area contributed by atoms with Crippen molar-refractivity contribution in [2.24, 2.45) is 0 Å². The minimum Gasteiger partial charge on any atom is -0.379 e. The number of nitrogens with one attached hydrogen (secondary N) is 1. The lowest BCUT2D eigenvalue weighted by atomic mass is 10.1. The third-order valence-corrected chi connectivity index (χ3v) is 5.41. The lowest BCUT2D eigenvalue weighted by molar-refractivity contribution is -0.117. The first-order chi connectivity index (χ1) is 12.6. The first-order valence-corrected chi connectivity index (χ1v) is 9.73. The Morgan fingerprint density at radius 1 is 0.923 bits per heavy atom. The quantitative estimate of drug-likeness (QED) is 0.826. The highest BCUT2D eigenvalue weighted by molar-refractivity contribution is 5.93. The van der Waals surface area contributed by atoms with Crippen LogP contribution < -0.4 is 5.32 Å². The van der Waals surface area contributed by atoms with Crippen molar-refractivity contribution in [2.45, 2.75) is 13.8 Å². The highest BCUT2D eigenvalue weighted by atomic mass is 16.5. The number of rotatable bonds is 6. The van der Waals surface area contributed by atoms with Crippen LogP contribution in [0.15, 0.2) is 18.2 Å². The molecule has 1 N–H and O–H groups in total. The van der Waals surface area contributed by atoms with Gasteiger partial charge in [0, 0.05) is 58.0 Å². The molecule has 0 spiro atoms. The number of piperazine rings is 1. The zero-order valence-corrected chi connectivity index (χ0v) is 16.2. The minimum atomic E-state index is 0.0872. The lowest BCUT2D eigenvalue weighted by Gasteiger charge is -2.36. The summed E-state index contributed by atoms with van der Waals surface area (Å²) in [6.07, 6.45) is 0. The van der Waals surface area contributed by atoms with Crippen LogP contribution in [0.4, 0.5) is 5.69 Å². The fourth-order valence-electron chi connectivity index (χ4n) is 3.67. The Kier molecular flexibility index (Phi) is 7.02. The summed E-state index contributed by atoms with van der Waals surface area (Å²) in [5, 5.41) is 3.09. The van der Waals surface area contributed by atoms with Crippen molar-refractivity contribution in [1.29, 1.82) is 0 Å². The van der Waals surface area contributed by atoms with E-state index < -0.39 is 0 Å². The van der Waals surface area contributed by atoms with Gasteiger partial charge in [0.05, 0.1) is 19.8 Å². The first kappa shape index (κ1) is 19.3. The van der Waals surface area contributed by atoms with Gasteiger partial charge in [-0.05, 0) is 25.0 Å². The number of amides is 1. The molecule has 1 aromatic carbocycles. The van der Waals surface area contributed by atoms with Gasteiger partial charge in [-0.15, -0.1) is 0 Å². The average Bonchev–Trinajstić information content (AvgIpc) is 2.65. The van der Waals surface area contributed by atoms with E-state index in [0.717, 1.165) is 82.4 Å². The Hall–Kier alpha value is -1.47. The van der Waals surface area contributed by atoms with Crippen molar-refractivity contribution in [2.75, 3.05) is 77.4 Å². The molecule has 0 aliphatic carbocycles. The number of ether oxygens (including phenoxy) is 1. The number of para-hydroxylation sites is 1. The smallest absolute Gasteiger partial charge is 0.238 e.